The molecule has 3 aromatic carbocycles. The van der Waals surface area contributed by atoms with Crippen molar-refractivity contribution in [2.45, 2.75) is 0 Å². The fourth-order valence-electron chi connectivity index (χ4n) is 2.96. The molecule has 0 radical (unpaired) electrons. The van der Waals surface area contributed by atoms with Crippen LogP contribution in [0.1, 0.15) is 0 Å². The predicted octanol–water partition coefficient (Wildman–Crippen LogP) is 3.96. The van der Waals surface area contributed by atoms with E-state index in [1.54, 1.807) is 0 Å². The van der Waals surface area contributed by atoms with Crippen molar-refractivity contribution in [3.63, 3.8) is 0 Å². The Balaban J connectivity index is 2.04. The lowest BCUT2D eigenvalue weighted by molar-refractivity contribution is 1.26. The summed E-state index contributed by atoms with van der Waals surface area (Å²) in [5.74, 6) is 0. The molecule has 1 heterocycles. The van der Waals surface area contributed by atoms with Crippen LogP contribution in [0.5, 0.6) is 0 Å². The van der Waals surface area contributed by atoms with Gasteiger partial charge in [-0.3, -0.25) is 0 Å². The molecule has 7 N–H and O–H groups in total. The number of nitrogens with two attached hydrogens (primary N) is 3. The molecule has 0 amide bonds. The highest BCUT2D eigenvalue weighted by Crippen LogP contribution is 2.51. The molecule has 0 atom stereocenters. The smallest absolute Gasteiger partial charge is 0.0930 e. The van der Waals surface area contributed by atoms with Crippen LogP contribution >= 0.6 is 0 Å². The van der Waals surface area contributed by atoms with Crippen LogP contribution in [0, 0.1) is 0 Å². The average Bonchev–Trinajstić information content (AvgIpc) is 2.54. The maximum atomic E-state index is 6.26. The van der Waals surface area contributed by atoms with Crippen molar-refractivity contribution in [2.75, 3.05) is 27.4 Å². The first-order valence-corrected chi connectivity index (χ1v) is 7.35. The van der Waals surface area contributed by atoms with E-state index in [0.29, 0.717) is 17.1 Å². The Morgan fingerprint density at radius 1 is 0.696 bits per heavy atom. The van der Waals surface area contributed by atoms with Crippen molar-refractivity contribution in [1.82, 2.24) is 0 Å². The summed E-state index contributed by atoms with van der Waals surface area (Å²) in [5.41, 5.74) is 25.1. The van der Waals surface area contributed by atoms with Crippen LogP contribution in [0.2, 0.25) is 0 Å². The number of para-hydroxylation sites is 3. The van der Waals surface area contributed by atoms with Crippen LogP contribution in [0.3, 0.4) is 0 Å². The SMILES string of the molecule is Nc1ccc2c(c1)N(c1ccccc1N)c1c(N)cccc1N2. The number of nitrogens with zero attached hydrogens (tertiary/aromatic N) is 1. The molecule has 0 spiro atoms. The van der Waals surface area contributed by atoms with E-state index in [0.717, 1.165) is 28.4 Å². The Morgan fingerprint density at radius 3 is 2.30 bits per heavy atom. The van der Waals surface area contributed by atoms with Gasteiger partial charge >= 0.3 is 0 Å². The molecule has 5 nitrogen and oxygen atoms in total. The van der Waals surface area contributed by atoms with Gasteiger partial charge in [0.2, 0.25) is 0 Å². The van der Waals surface area contributed by atoms with Gasteiger partial charge < -0.3 is 27.4 Å². The summed E-state index contributed by atoms with van der Waals surface area (Å²) in [4.78, 5) is 2.06. The van der Waals surface area contributed by atoms with Gasteiger partial charge in [-0.2, -0.15) is 0 Å². The molecule has 0 fully saturated rings. The molecule has 0 saturated carbocycles. The van der Waals surface area contributed by atoms with Crippen LogP contribution in [0.15, 0.2) is 60.7 Å². The van der Waals surface area contributed by atoms with Crippen LogP contribution in [0.25, 0.3) is 0 Å². The Hall–Kier alpha value is -3.34. The lowest BCUT2D eigenvalue weighted by Crippen LogP contribution is -2.20. The zero-order valence-electron chi connectivity index (χ0n) is 12.5. The lowest BCUT2D eigenvalue weighted by atomic mass is 10.1. The van der Waals surface area contributed by atoms with Gasteiger partial charge in [0.25, 0.3) is 0 Å². The number of hydrogen-bond donors (Lipinski definition) is 4. The van der Waals surface area contributed by atoms with E-state index in [9.17, 15) is 0 Å². The quantitative estimate of drug-likeness (QED) is 0.399. The Morgan fingerprint density at radius 2 is 1.48 bits per heavy atom. The second-order valence-corrected chi connectivity index (χ2v) is 5.54. The number of hydrogen-bond acceptors (Lipinski definition) is 5. The van der Waals surface area contributed by atoms with Gasteiger partial charge in [-0.1, -0.05) is 18.2 Å². The Labute approximate surface area is 134 Å². The summed E-state index contributed by atoms with van der Waals surface area (Å²) in [6.45, 7) is 0. The summed E-state index contributed by atoms with van der Waals surface area (Å²) in [5, 5.41) is 3.41. The highest BCUT2D eigenvalue weighted by Gasteiger charge is 2.27. The zero-order valence-corrected chi connectivity index (χ0v) is 12.5. The van der Waals surface area contributed by atoms with Crippen molar-refractivity contribution < 1.29 is 0 Å². The van der Waals surface area contributed by atoms with Crippen LogP contribution in [-0.2, 0) is 0 Å². The third-order valence-electron chi connectivity index (χ3n) is 4.00. The van der Waals surface area contributed by atoms with E-state index >= 15 is 0 Å². The first-order chi connectivity index (χ1) is 11.1. The van der Waals surface area contributed by atoms with Crippen LogP contribution in [-0.4, -0.2) is 0 Å². The number of fused-ring (bicyclic) bond motifs is 2. The molecule has 23 heavy (non-hydrogen) atoms. The molecule has 0 aliphatic carbocycles. The van der Waals surface area contributed by atoms with Gasteiger partial charge in [0.15, 0.2) is 0 Å². The standard InChI is InChI=1S/C18H17N5/c19-11-8-9-14-17(10-11)23(16-7-2-1-4-12(16)20)18-13(21)5-3-6-15(18)22-14/h1-10,22H,19-21H2. The van der Waals surface area contributed by atoms with E-state index in [1.807, 2.05) is 60.7 Å². The first kappa shape index (κ1) is 13.3. The lowest BCUT2D eigenvalue weighted by Gasteiger charge is -2.35. The molecular formula is C18H17N5. The minimum Gasteiger partial charge on any atom is -0.399 e. The van der Waals surface area contributed by atoms with Gasteiger partial charge in [0, 0.05) is 5.69 Å². The highest BCUT2D eigenvalue weighted by molar-refractivity contribution is 6.03. The van der Waals surface area contributed by atoms with Crippen molar-refractivity contribution >= 4 is 45.5 Å². The first-order valence-electron chi connectivity index (χ1n) is 7.35. The Bertz CT molecular complexity index is 904. The molecule has 3 aromatic rings. The number of nitrogen functional groups attached to an aromatic ring is 3. The number of benzene rings is 3. The summed E-state index contributed by atoms with van der Waals surface area (Å²) in [6, 6.07) is 19.3. The largest absolute Gasteiger partial charge is 0.399 e. The zero-order chi connectivity index (χ0) is 16.0. The van der Waals surface area contributed by atoms with Gasteiger partial charge in [0.05, 0.1) is 39.8 Å². The topological polar surface area (TPSA) is 93.3 Å². The van der Waals surface area contributed by atoms with Gasteiger partial charge in [-0.15, -0.1) is 0 Å². The summed E-state index contributed by atoms with van der Waals surface area (Å²) in [6.07, 6.45) is 0. The second kappa shape index (κ2) is 4.84. The van der Waals surface area contributed by atoms with Gasteiger partial charge in [-0.25, -0.2) is 0 Å². The summed E-state index contributed by atoms with van der Waals surface area (Å²) in [7, 11) is 0. The van der Waals surface area contributed by atoms with E-state index in [4.69, 9.17) is 17.2 Å². The van der Waals surface area contributed by atoms with Crippen molar-refractivity contribution in [3.05, 3.63) is 60.7 Å². The molecule has 0 bridgehead atoms. The van der Waals surface area contributed by atoms with Gasteiger partial charge in [0.1, 0.15) is 0 Å². The molecule has 0 unspecified atom stereocenters. The predicted molar refractivity (Wildman–Crippen MR) is 97.6 cm³/mol. The highest BCUT2D eigenvalue weighted by atomic mass is 15.2. The van der Waals surface area contributed by atoms with Crippen molar-refractivity contribution in [3.8, 4) is 0 Å². The van der Waals surface area contributed by atoms with E-state index in [-0.39, 0.29) is 0 Å². The second-order valence-electron chi connectivity index (χ2n) is 5.54. The van der Waals surface area contributed by atoms with E-state index < -0.39 is 0 Å². The fraction of sp³-hybridized carbons (Fsp3) is 0. The molecular weight excluding hydrogens is 286 g/mol. The molecule has 5 heteroatoms. The minimum atomic E-state index is 0.673. The van der Waals surface area contributed by atoms with Gasteiger partial charge in [-0.05, 0) is 42.5 Å². The molecule has 114 valence electrons. The summed E-state index contributed by atoms with van der Waals surface area (Å²) >= 11 is 0. The molecule has 0 saturated heterocycles. The van der Waals surface area contributed by atoms with Crippen molar-refractivity contribution in [2.24, 2.45) is 0 Å². The normalized spacial score (nSPS) is 12.3. The number of anilines is 8. The summed E-state index contributed by atoms with van der Waals surface area (Å²) < 4.78 is 0. The third kappa shape index (κ3) is 2.02. The van der Waals surface area contributed by atoms with E-state index in [1.165, 1.54) is 0 Å². The number of nitrogens with one attached hydrogen (secondary N) is 1. The van der Waals surface area contributed by atoms with Crippen LogP contribution < -0.4 is 27.4 Å². The average molecular weight is 303 g/mol. The molecule has 0 aromatic heterocycles. The maximum absolute atomic E-state index is 6.26. The molecule has 1 aliphatic rings. The van der Waals surface area contributed by atoms with E-state index in [2.05, 4.69) is 10.2 Å². The monoisotopic (exact) mass is 303 g/mol. The minimum absolute atomic E-state index is 0.673. The van der Waals surface area contributed by atoms with Crippen LogP contribution in [0.4, 0.5) is 45.5 Å². The maximum Gasteiger partial charge on any atom is 0.0930 e. The van der Waals surface area contributed by atoms with Crippen molar-refractivity contribution in [1.29, 1.82) is 0 Å². The fourth-order valence-corrected chi connectivity index (χ4v) is 2.96. The molecule has 1 aliphatic heterocycles. The third-order valence-corrected chi connectivity index (χ3v) is 4.00. The number of rotatable bonds is 1. The molecule has 4 rings (SSSR count). The Kier molecular flexibility index (Phi) is 2.81.